The Morgan fingerprint density at radius 1 is 1.04 bits per heavy atom. The molecule has 0 aliphatic heterocycles. The minimum atomic E-state index is -0.441. The van der Waals surface area contributed by atoms with Crippen molar-refractivity contribution in [2.45, 2.75) is 13.8 Å². The average molecular weight is 545 g/mol. The molecular weight excluding hydrogens is 530 g/mol. The second-order valence-corrected chi connectivity index (χ2v) is 8.50. The molecule has 4 nitrogen and oxygen atoms in total. The fourth-order valence-corrected chi connectivity index (χ4v) is 3.62. The van der Waals surface area contributed by atoms with Gasteiger partial charge in [0.25, 0.3) is 5.91 Å². The van der Waals surface area contributed by atoms with E-state index in [0.29, 0.717) is 15.8 Å². The lowest BCUT2D eigenvalue weighted by Gasteiger charge is -2.13. The van der Waals surface area contributed by atoms with Crippen LogP contribution in [0.4, 0.5) is 5.69 Å². The molecule has 0 fully saturated rings. The predicted octanol–water partition coefficient (Wildman–Crippen LogP) is 6.60. The van der Waals surface area contributed by atoms with Gasteiger partial charge in [-0.05, 0) is 102 Å². The number of hydrogen-bond donors (Lipinski definition) is 2. The number of aryl methyl sites for hydroxylation is 2. The van der Waals surface area contributed by atoms with Gasteiger partial charge in [0.2, 0.25) is 0 Å². The number of carbonyl (C=O) groups excluding carboxylic acids is 1. The Morgan fingerprint density at radius 3 is 2.50 bits per heavy atom. The minimum Gasteiger partial charge on any atom is -0.451 e. The van der Waals surface area contributed by atoms with Crippen molar-refractivity contribution in [3.8, 4) is 11.3 Å². The number of halogens is 3. The first-order chi connectivity index (χ1) is 13.2. The Bertz CT molecular complexity index is 1080. The van der Waals surface area contributed by atoms with Crippen LogP contribution in [0.3, 0.4) is 0 Å². The molecule has 3 aromatic rings. The van der Waals surface area contributed by atoms with Crippen molar-refractivity contribution in [2.24, 2.45) is 0 Å². The first-order valence-electron chi connectivity index (χ1n) is 8.19. The Balaban J connectivity index is 1.70. The quantitative estimate of drug-likeness (QED) is 0.288. The van der Waals surface area contributed by atoms with Crippen LogP contribution in [-0.2, 0) is 0 Å². The normalized spacial score (nSPS) is 10.6. The molecule has 0 atom stereocenters. The van der Waals surface area contributed by atoms with Gasteiger partial charge >= 0.3 is 0 Å². The molecule has 0 bridgehead atoms. The topological polar surface area (TPSA) is 54.3 Å². The maximum absolute atomic E-state index is 12.4. The summed E-state index contributed by atoms with van der Waals surface area (Å²) in [4.78, 5) is 12.4. The molecule has 2 aromatic carbocycles. The molecule has 0 unspecified atom stereocenters. The van der Waals surface area contributed by atoms with Crippen LogP contribution in [-0.4, -0.2) is 11.0 Å². The molecular formula is C20H15Cl2IN2O2S. The van der Waals surface area contributed by atoms with Crippen LogP contribution in [0.15, 0.2) is 46.9 Å². The molecule has 0 radical (unpaired) electrons. The molecule has 0 aliphatic rings. The lowest BCUT2D eigenvalue weighted by molar-refractivity contribution is 0.0951. The molecule has 1 amide bonds. The van der Waals surface area contributed by atoms with Crippen LogP contribution < -0.4 is 10.6 Å². The summed E-state index contributed by atoms with van der Waals surface area (Å²) in [6, 6.07) is 12.4. The fraction of sp³-hybridized carbons (Fsp3) is 0.100. The smallest absolute Gasteiger partial charge is 0.293 e. The zero-order valence-electron chi connectivity index (χ0n) is 14.9. The van der Waals surface area contributed by atoms with Gasteiger partial charge in [-0.1, -0.05) is 23.2 Å². The summed E-state index contributed by atoms with van der Waals surface area (Å²) >= 11 is 19.5. The largest absolute Gasteiger partial charge is 0.451 e. The van der Waals surface area contributed by atoms with Crippen molar-refractivity contribution in [1.82, 2.24) is 5.32 Å². The van der Waals surface area contributed by atoms with Crippen LogP contribution in [0.2, 0.25) is 10.0 Å². The first kappa shape index (κ1) is 21.1. The van der Waals surface area contributed by atoms with E-state index in [-0.39, 0.29) is 10.9 Å². The average Bonchev–Trinajstić information content (AvgIpc) is 3.12. The number of rotatable bonds is 3. The number of anilines is 1. The highest BCUT2D eigenvalue weighted by atomic mass is 127. The van der Waals surface area contributed by atoms with E-state index in [2.05, 4.69) is 39.3 Å². The van der Waals surface area contributed by atoms with Crippen LogP contribution in [0.5, 0.6) is 0 Å². The van der Waals surface area contributed by atoms with Gasteiger partial charge in [0.05, 0.1) is 10.0 Å². The lowest BCUT2D eigenvalue weighted by Crippen LogP contribution is -2.34. The minimum absolute atomic E-state index is 0.140. The van der Waals surface area contributed by atoms with E-state index in [1.165, 1.54) is 3.57 Å². The number of benzene rings is 2. The molecule has 0 aliphatic carbocycles. The number of furan rings is 1. The van der Waals surface area contributed by atoms with Gasteiger partial charge in [-0.25, -0.2) is 0 Å². The maximum Gasteiger partial charge on any atom is 0.293 e. The molecule has 8 heteroatoms. The maximum atomic E-state index is 12.4. The van der Waals surface area contributed by atoms with E-state index < -0.39 is 5.91 Å². The molecule has 0 saturated heterocycles. The van der Waals surface area contributed by atoms with Crippen LogP contribution in [0, 0.1) is 17.4 Å². The fourth-order valence-electron chi connectivity index (χ4n) is 2.50. The van der Waals surface area contributed by atoms with E-state index in [1.54, 1.807) is 30.3 Å². The zero-order chi connectivity index (χ0) is 20.4. The van der Waals surface area contributed by atoms with Gasteiger partial charge in [0.1, 0.15) is 5.76 Å². The van der Waals surface area contributed by atoms with Gasteiger partial charge in [-0.2, -0.15) is 0 Å². The third-order valence-corrected chi connectivity index (χ3v) is 6.12. The first-order valence-corrected chi connectivity index (χ1v) is 10.4. The summed E-state index contributed by atoms with van der Waals surface area (Å²) in [5.74, 6) is 0.205. The van der Waals surface area contributed by atoms with Crippen LogP contribution in [0.1, 0.15) is 21.7 Å². The van der Waals surface area contributed by atoms with Crippen molar-refractivity contribution in [1.29, 1.82) is 0 Å². The van der Waals surface area contributed by atoms with E-state index in [1.807, 2.05) is 19.9 Å². The Labute approximate surface area is 191 Å². The standard InChI is InChI=1S/C20H15Cl2IN2O2S/c1-10-8-16(11(2)7-15(10)23)24-20(28)25-19(26)18-6-5-17(27-18)12-3-4-13(21)14(22)9-12/h3-9H,1-2H3,(H2,24,25,26,28). The van der Waals surface area contributed by atoms with Crippen molar-refractivity contribution < 1.29 is 9.21 Å². The SMILES string of the molecule is Cc1cc(NC(=S)NC(=O)c2ccc(-c3ccc(Cl)c(Cl)c3)o2)c(C)cc1I. The van der Waals surface area contributed by atoms with Gasteiger partial charge in [-0.3, -0.25) is 10.1 Å². The number of amides is 1. The highest BCUT2D eigenvalue weighted by molar-refractivity contribution is 14.1. The number of carbonyl (C=O) groups is 1. The van der Waals surface area contributed by atoms with E-state index in [4.69, 9.17) is 39.8 Å². The highest BCUT2D eigenvalue weighted by Crippen LogP contribution is 2.29. The lowest BCUT2D eigenvalue weighted by atomic mass is 10.1. The molecule has 1 heterocycles. The summed E-state index contributed by atoms with van der Waals surface area (Å²) in [5.41, 5.74) is 3.73. The molecule has 1 aromatic heterocycles. The summed E-state index contributed by atoms with van der Waals surface area (Å²) in [6.45, 7) is 3.99. The Kier molecular flexibility index (Phi) is 6.65. The molecule has 0 saturated carbocycles. The van der Waals surface area contributed by atoms with Gasteiger partial charge in [0.15, 0.2) is 10.9 Å². The zero-order valence-corrected chi connectivity index (χ0v) is 19.4. The van der Waals surface area contributed by atoms with Crippen molar-refractivity contribution >= 4 is 74.7 Å². The highest BCUT2D eigenvalue weighted by Gasteiger charge is 2.15. The van der Waals surface area contributed by atoms with Crippen molar-refractivity contribution in [3.05, 3.63) is 73.0 Å². The Hall–Kier alpha value is -1.61. The van der Waals surface area contributed by atoms with Crippen molar-refractivity contribution in [2.75, 3.05) is 5.32 Å². The summed E-state index contributed by atoms with van der Waals surface area (Å²) in [5, 5.41) is 6.74. The molecule has 144 valence electrons. The summed E-state index contributed by atoms with van der Waals surface area (Å²) < 4.78 is 6.80. The monoisotopic (exact) mass is 544 g/mol. The second-order valence-electron chi connectivity index (χ2n) is 6.12. The van der Waals surface area contributed by atoms with Gasteiger partial charge in [0, 0.05) is 14.8 Å². The van der Waals surface area contributed by atoms with Crippen molar-refractivity contribution in [3.63, 3.8) is 0 Å². The molecule has 0 spiro atoms. The van der Waals surface area contributed by atoms with E-state index in [9.17, 15) is 4.79 Å². The summed E-state index contributed by atoms with van der Waals surface area (Å²) in [7, 11) is 0. The number of hydrogen-bond acceptors (Lipinski definition) is 3. The Morgan fingerprint density at radius 2 is 1.79 bits per heavy atom. The molecule has 2 N–H and O–H groups in total. The third-order valence-electron chi connectivity index (χ3n) is 4.01. The van der Waals surface area contributed by atoms with Gasteiger partial charge < -0.3 is 9.73 Å². The summed E-state index contributed by atoms with van der Waals surface area (Å²) in [6.07, 6.45) is 0. The number of nitrogens with one attached hydrogen (secondary N) is 2. The second kappa shape index (κ2) is 8.82. The van der Waals surface area contributed by atoms with Gasteiger partial charge in [-0.15, -0.1) is 0 Å². The van der Waals surface area contributed by atoms with E-state index in [0.717, 1.165) is 22.4 Å². The van der Waals surface area contributed by atoms with E-state index >= 15 is 0 Å². The van der Waals surface area contributed by atoms with Crippen LogP contribution in [0.25, 0.3) is 11.3 Å². The molecule has 28 heavy (non-hydrogen) atoms. The number of thiocarbonyl (C=S) groups is 1. The van der Waals surface area contributed by atoms with Crippen LogP contribution >= 0.6 is 58.0 Å². The molecule has 3 rings (SSSR count). The predicted molar refractivity (Wildman–Crippen MR) is 126 cm³/mol. The third kappa shape index (κ3) is 4.86.